The first-order valence-electron chi connectivity index (χ1n) is 5.89. The summed E-state index contributed by atoms with van der Waals surface area (Å²) in [6.45, 7) is 6.72. The Morgan fingerprint density at radius 1 is 1.50 bits per heavy atom. The van der Waals surface area contributed by atoms with Crippen molar-refractivity contribution >= 4 is 0 Å². The van der Waals surface area contributed by atoms with Crippen molar-refractivity contribution in [2.24, 2.45) is 23.2 Å². The normalized spacial score (nSPS) is 49.0. The molecule has 0 aromatic carbocycles. The smallest absolute Gasteiger partial charge is 0.0540 e. The van der Waals surface area contributed by atoms with Crippen LogP contribution in [0.4, 0.5) is 0 Å². The van der Waals surface area contributed by atoms with Gasteiger partial charge in [0.05, 0.1) is 6.10 Å². The van der Waals surface area contributed by atoms with E-state index in [1.807, 2.05) is 6.92 Å². The maximum absolute atomic E-state index is 9.68. The minimum absolute atomic E-state index is 0.127. The number of rotatable bonds is 1. The van der Waals surface area contributed by atoms with E-state index >= 15 is 0 Å². The predicted octanol–water partition coefficient (Wildman–Crippen LogP) is 3.00. The molecule has 1 fully saturated rings. The second kappa shape index (κ2) is 3.37. The lowest BCUT2D eigenvalue weighted by Crippen LogP contribution is -2.31. The molecule has 2 aliphatic rings. The summed E-state index contributed by atoms with van der Waals surface area (Å²) in [5.41, 5.74) is 0.455. The molecule has 80 valence electrons. The zero-order valence-electron chi connectivity index (χ0n) is 9.53. The zero-order valence-corrected chi connectivity index (χ0v) is 9.53. The standard InChI is InChI=1S/C13H22O/c1-9-5-4-6-12-7-11(10(2)14)8-13(9,12)3/h4,6,9-12,14H,5,7-8H2,1-3H3/t9-,10?,11-,12+,13+/m0/s1. The lowest BCUT2D eigenvalue weighted by Gasteiger charge is -2.39. The molecular formula is C13H22O. The second-order valence-corrected chi connectivity index (χ2v) is 5.62. The summed E-state index contributed by atoms with van der Waals surface area (Å²) in [6.07, 6.45) is 8.22. The molecule has 0 heterocycles. The molecule has 14 heavy (non-hydrogen) atoms. The Kier molecular flexibility index (Phi) is 2.46. The summed E-state index contributed by atoms with van der Waals surface area (Å²) in [4.78, 5) is 0. The maximum atomic E-state index is 9.68. The quantitative estimate of drug-likeness (QED) is 0.636. The highest BCUT2D eigenvalue weighted by Crippen LogP contribution is 2.55. The third-order valence-corrected chi connectivity index (χ3v) is 4.77. The van der Waals surface area contributed by atoms with Gasteiger partial charge in [0.25, 0.3) is 0 Å². The molecule has 1 heteroatoms. The van der Waals surface area contributed by atoms with E-state index in [9.17, 15) is 5.11 Å². The first kappa shape index (κ1) is 10.2. The molecule has 1 N–H and O–H groups in total. The van der Waals surface area contributed by atoms with E-state index in [1.165, 1.54) is 19.3 Å². The topological polar surface area (TPSA) is 20.2 Å². The number of aliphatic hydroxyl groups is 1. The predicted molar refractivity (Wildman–Crippen MR) is 58.9 cm³/mol. The summed E-state index contributed by atoms with van der Waals surface area (Å²) in [5.74, 6) is 2.02. The van der Waals surface area contributed by atoms with E-state index in [-0.39, 0.29) is 6.10 Å². The SMILES string of the molecule is CC(O)[C@H]1C[C@H]2C=CC[C@H](C)[C@@]2(C)C1. The Hall–Kier alpha value is -0.300. The van der Waals surface area contributed by atoms with Crippen LogP contribution in [-0.2, 0) is 0 Å². The Labute approximate surface area is 87.2 Å². The highest BCUT2D eigenvalue weighted by Gasteiger charge is 2.47. The Morgan fingerprint density at radius 2 is 2.21 bits per heavy atom. The fraction of sp³-hybridized carbons (Fsp3) is 0.846. The van der Waals surface area contributed by atoms with Crippen LogP contribution in [0.5, 0.6) is 0 Å². The summed E-state index contributed by atoms with van der Waals surface area (Å²) >= 11 is 0. The van der Waals surface area contributed by atoms with Crippen molar-refractivity contribution in [3.63, 3.8) is 0 Å². The van der Waals surface area contributed by atoms with Gasteiger partial charge in [0.15, 0.2) is 0 Å². The molecule has 0 aromatic heterocycles. The average molecular weight is 194 g/mol. The van der Waals surface area contributed by atoms with Crippen LogP contribution < -0.4 is 0 Å². The molecule has 2 aliphatic carbocycles. The average Bonchev–Trinajstić information content (AvgIpc) is 2.45. The maximum Gasteiger partial charge on any atom is 0.0540 e. The number of allylic oxidation sites excluding steroid dienone is 2. The molecule has 2 rings (SSSR count). The van der Waals surface area contributed by atoms with E-state index in [0.29, 0.717) is 17.3 Å². The molecule has 1 saturated carbocycles. The minimum atomic E-state index is -0.127. The van der Waals surface area contributed by atoms with Crippen LogP contribution in [0.2, 0.25) is 0 Å². The highest BCUT2D eigenvalue weighted by atomic mass is 16.3. The van der Waals surface area contributed by atoms with E-state index < -0.39 is 0 Å². The van der Waals surface area contributed by atoms with Gasteiger partial charge in [0, 0.05) is 0 Å². The molecule has 0 amide bonds. The van der Waals surface area contributed by atoms with Crippen LogP contribution in [0.25, 0.3) is 0 Å². The first-order valence-corrected chi connectivity index (χ1v) is 5.89. The van der Waals surface area contributed by atoms with Crippen LogP contribution in [-0.4, -0.2) is 11.2 Å². The van der Waals surface area contributed by atoms with Crippen molar-refractivity contribution < 1.29 is 5.11 Å². The summed E-state index contributed by atoms with van der Waals surface area (Å²) in [5, 5.41) is 9.68. The zero-order chi connectivity index (χ0) is 10.3. The molecule has 0 spiro atoms. The van der Waals surface area contributed by atoms with E-state index in [1.54, 1.807) is 0 Å². The van der Waals surface area contributed by atoms with Gasteiger partial charge in [-0.05, 0) is 49.4 Å². The van der Waals surface area contributed by atoms with Gasteiger partial charge in [0.1, 0.15) is 0 Å². The molecule has 1 nitrogen and oxygen atoms in total. The fourth-order valence-electron chi connectivity index (χ4n) is 3.34. The second-order valence-electron chi connectivity index (χ2n) is 5.62. The number of fused-ring (bicyclic) bond motifs is 1. The number of aliphatic hydroxyl groups excluding tert-OH is 1. The number of hydrogen-bond donors (Lipinski definition) is 1. The van der Waals surface area contributed by atoms with Gasteiger partial charge in [-0.2, -0.15) is 0 Å². The van der Waals surface area contributed by atoms with Crippen LogP contribution in [0, 0.1) is 23.2 Å². The van der Waals surface area contributed by atoms with Crippen LogP contribution in [0.3, 0.4) is 0 Å². The van der Waals surface area contributed by atoms with Crippen LogP contribution in [0.1, 0.15) is 40.0 Å². The molecule has 1 unspecified atom stereocenters. The van der Waals surface area contributed by atoms with Crippen molar-refractivity contribution in [2.45, 2.75) is 46.1 Å². The molecule has 0 saturated heterocycles. The molecule has 0 bridgehead atoms. The van der Waals surface area contributed by atoms with E-state index in [0.717, 1.165) is 5.92 Å². The van der Waals surface area contributed by atoms with Crippen molar-refractivity contribution in [2.75, 3.05) is 0 Å². The van der Waals surface area contributed by atoms with E-state index in [4.69, 9.17) is 0 Å². The van der Waals surface area contributed by atoms with Crippen molar-refractivity contribution in [1.29, 1.82) is 0 Å². The Morgan fingerprint density at radius 3 is 2.79 bits per heavy atom. The highest BCUT2D eigenvalue weighted by molar-refractivity contribution is 5.10. The molecule has 5 atom stereocenters. The summed E-state index contributed by atoms with van der Waals surface area (Å²) in [6, 6.07) is 0. The fourth-order valence-corrected chi connectivity index (χ4v) is 3.34. The minimum Gasteiger partial charge on any atom is -0.393 e. The Bertz CT molecular complexity index is 244. The summed E-state index contributed by atoms with van der Waals surface area (Å²) in [7, 11) is 0. The third kappa shape index (κ3) is 1.42. The lowest BCUT2D eigenvalue weighted by atomic mass is 9.66. The molecule has 0 aromatic rings. The first-order chi connectivity index (χ1) is 6.54. The van der Waals surface area contributed by atoms with E-state index in [2.05, 4.69) is 26.0 Å². The van der Waals surface area contributed by atoms with Crippen molar-refractivity contribution in [1.82, 2.24) is 0 Å². The van der Waals surface area contributed by atoms with Gasteiger partial charge in [-0.25, -0.2) is 0 Å². The molecular weight excluding hydrogens is 172 g/mol. The van der Waals surface area contributed by atoms with Gasteiger partial charge in [-0.1, -0.05) is 26.0 Å². The summed E-state index contributed by atoms with van der Waals surface area (Å²) < 4.78 is 0. The van der Waals surface area contributed by atoms with Gasteiger partial charge in [-0.15, -0.1) is 0 Å². The van der Waals surface area contributed by atoms with Gasteiger partial charge in [-0.3, -0.25) is 0 Å². The van der Waals surface area contributed by atoms with Crippen LogP contribution in [0.15, 0.2) is 12.2 Å². The lowest BCUT2D eigenvalue weighted by molar-refractivity contribution is 0.107. The van der Waals surface area contributed by atoms with Gasteiger partial charge < -0.3 is 5.11 Å². The molecule has 0 aliphatic heterocycles. The Balaban J connectivity index is 2.19. The van der Waals surface area contributed by atoms with Crippen LogP contribution >= 0.6 is 0 Å². The van der Waals surface area contributed by atoms with Gasteiger partial charge >= 0.3 is 0 Å². The number of hydrogen-bond acceptors (Lipinski definition) is 1. The van der Waals surface area contributed by atoms with Crippen molar-refractivity contribution in [3.8, 4) is 0 Å². The largest absolute Gasteiger partial charge is 0.393 e. The van der Waals surface area contributed by atoms with Gasteiger partial charge in [0.2, 0.25) is 0 Å². The molecule has 0 radical (unpaired) electrons. The third-order valence-electron chi connectivity index (χ3n) is 4.77. The monoisotopic (exact) mass is 194 g/mol. The van der Waals surface area contributed by atoms with Crippen molar-refractivity contribution in [3.05, 3.63) is 12.2 Å².